The summed E-state index contributed by atoms with van der Waals surface area (Å²) in [5.74, 6) is 0.537. The van der Waals surface area contributed by atoms with Gasteiger partial charge in [-0.05, 0) is 104 Å². The van der Waals surface area contributed by atoms with Gasteiger partial charge in [0.05, 0.1) is 46.5 Å². The molecule has 0 radical (unpaired) electrons. The van der Waals surface area contributed by atoms with Crippen LogP contribution in [0.2, 0.25) is 18.6 Å². The van der Waals surface area contributed by atoms with Gasteiger partial charge in [-0.25, -0.2) is 0 Å². The van der Waals surface area contributed by atoms with Gasteiger partial charge in [0.1, 0.15) is 11.5 Å². The molecule has 6 aromatic carbocycles. The Morgan fingerprint density at radius 3 is 1.90 bits per heavy atom. The number of carbonyl (C=O) groups excluding carboxylic acids is 3. The zero-order valence-electron chi connectivity index (χ0n) is 37.7. The highest BCUT2D eigenvalue weighted by atomic mass is 28.4. The minimum absolute atomic E-state index is 0.0525. The van der Waals surface area contributed by atoms with Crippen LogP contribution in [0.4, 0.5) is 28.4 Å². The Labute approximate surface area is 393 Å². The van der Waals surface area contributed by atoms with Crippen LogP contribution in [0.1, 0.15) is 50.9 Å². The van der Waals surface area contributed by atoms with Crippen LogP contribution >= 0.6 is 0 Å². The highest BCUT2D eigenvalue weighted by molar-refractivity contribution is 6.71. The summed E-state index contributed by atoms with van der Waals surface area (Å²) in [7, 11) is -3.08. The van der Waals surface area contributed by atoms with Gasteiger partial charge in [0.15, 0.2) is 25.4 Å². The van der Waals surface area contributed by atoms with Crippen LogP contribution in [0.15, 0.2) is 146 Å². The fourth-order valence-corrected chi connectivity index (χ4v) is 13.3. The van der Waals surface area contributed by atoms with Crippen LogP contribution in [0, 0.1) is 5.92 Å². The quantitative estimate of drug-likeness (QED) is 0.127. The molecule has 15 heteroatoms. The third-order valence-electron chi connectivity index (χ3n) is 13.6. The van der Waals surface area contributed by atoms with Crippen molar-refractivity contribution >= 4 is 54.5 Å². The van der Waals surface area contributed by atoms with Gasteiger partial charge >= 0.3 is 0 Å². The number of aromatic nitrogens is 3. The maximum Gasteiger partial charge on any atom is 0.266 e. The van der Waals surface area contributed by atoms with E-state index in [0.717, 1.165) is 5.56 Å². The van der Waals surface area contributed by atoms with E-state index in [1.807, 2.05) is 129 Å². The second kappa shape index (κ2) is 16.7. The van der Waals surface area contributed by atoms with E-state index in [9.17, 15) is 19.5 Å². The summed E-state index contributed by atoms with van der Waals surface area (Å²) < 4.78 is 21.6. The van der Waals surface area contributed by atoms with Crippen LogP contribution in [0.5, 0.6) is 23.0 Å². The van der Waals surface area contributed by atoms with Gasteiger partial charge in [0.2, 0.25) is 0 Å². The predicted molar refractivity (Wildman–Crippen MR) is 258 cm³/mol. The Kier molecular flexibility index (Phi) is 10.6. The number of ether oxygens (including phenoxy) is 3. The second-order valence-corrected chi connectivity index (χ2v) is 22.2. The molecule has 1 aromatic heterocycles. The monoisotopic (exact) mass is 924 g/mol. The molecule has 14 nitrogen and oxygen atoms in total. The molecule has 3 amide bonds. The van der Waals surface area contributed by atoms with E-state index in [4.69, 9.17) is 14.2 Å². The minimum atomic E-state index is -3.08. The number of para-hydroxylation sites is 6. The number of anilines is 5. The molecule has 4 atom stereocenters. The van der Waals surface area contributed by atoms with Crippen LogP contribution in [0.25, 0.3) is 0 Å². The predicted octanol–water partition coefficient (Wildman–Crippen LogP) is 9.42. The molecule has 4 aliphatic heterocycles. The molecule has 7 aromatic rings. The average molecular weight is 925 g/mol. The molecule has 1 fully saturated rings. The first-order valence-electron chi connectivity index (χ1n) is 22.8. The molecular weight excluding hydrogens is 877 g/mol. The summed E-state index contributed by atoms with van der Waals surface area (Å²) in [6.45, 7) is 6.21. The maximum atomic E-state index is 15.8. The van der Waals surface area contributed by atoms with E-state index in [-0.39, 0.29) is 30.9 Å². The van der Waals surface area contributed by atoms with Gasteiger partial charge in [0.25, 0.3) is 17.7 Å². The topological polar surface area (TPSA) is 160 Å². The number of benzene rings is 6. The molecule has 0 unspecified atom stereocenters. The normalized spacial score (nSPS) is 20.5. The number of nitrogens with zero attached hydrogens (tertiary/aromatic N) is 6. The molecule has 4 aliphatic rings. The number of hydrogen-bond acceptors (Lipinski definition) is 10. The summed E-state index contributed by atoms with van der Waals surface area (Å²) in [4.78, 5) is 62.1. The van der Waals surface area contributed by atoms with E-state index in [2.05, 4.69) is 10.3 Å². The van der Waals surface area contributed by atoms with Gasteiger partial charge < -0.3 is 29.0 Å². The third-order valence-corrected chi connectivity index (χ3v) is 16.1. The van der Waals surface area contributed by atoms with E-state index < -0.39 is 31.5 Å². The number of fused-ring (bicyclic) bond motifs is 6. The molecule has 1 saturated heterocycles. The zero-order chi connectivity index (χ0) is 46.9. The Morgan fingerprint density at radius 2 is 1.28 bits per heavy atom. The lowest BCUT2D eigenvalue weighted by molar-refractivity contribution is -0.146. The van der Waals surface area contributed by atoms with Gasteiger partial charge in [-0.15, -0.1) is 5.10 Å². The van der Waals surface area contributed by atoms with E-state index in [1.165, 1.54) is 0 Å². The summed E-state index contributed by atoms with van der Waals surface area (Å²) in [5, 5.41) is 18.0. The maximum absolute atomic E-state index is 15.8. The number of amides is 3. The van der Waals surface area contributed by atoms with Crippen LogP contribution < -0.4 is 24.2 Å². The van der Waals surface area contributed by atoms with Crippen molar-refractivity contribution in [3.8, 4) is 23.0 Å². The fraction of sp³-hybridized carbons (Fsp3) is 0.226. The molecule has 1 spiro atoms. The van der Waals surface area contributed by atoms with E-state index in [0.29, 0.717) is 93.2 Å². The zero-order valence-corrected chi connectivity index (χ0v) is 38.7. The summed E-state index contributed by atoms with van der Waals surface area (Å²) >= 11 is 0. The lowest BCUT2D eigenvalue weighted by Crippen LogP contribution is -2.46. The summed E-state index contributed by atoms with van der Waals surface area (Å²) in [5.41, 5.74) is 3.62. The number of hydrogen-bond donors (Lipinski definition) is 2. The standard InChI is InChI=1S/C53H48N6O8Si/c1-33-49(68(2,3)64)48(25-27-56-32-35(26-28-60)54-55-56)67-53(33)40-30-37(59-43-18-7-11-22-47(43)66-45-20-9-5-16-39(45)51(59)62)23-24-41(40)57(52(53)63)31-34-13-12-14-36(29-34)58-42-17-6-10-21-46(42)65-44-19-8-4-15-38(44)50(58)61/h4-24,29-30,32-33,48-49,60,64H,25-28,31H2,1-3H3/t33-,48+,49-,53+/m0/s1. The van der Waals surface area contributed by atoms with Crippen LogP contribution in [-0.4, -0.2) is 63.6 Å². The molecule has 2 N–H and O–H groups in total. The number of aliphatic hydroxyl groups is 1. The minimum Gasteiger partial charge on any atom is -0.454 e. The van der Waals surface area contributed by atoms with Crippen molar-refractivity contribution in [2.45, 2.75) is 63.2 Å². The fourth-order valence-electron chi connectivity index (χ4n) is 10.7. The first-order valence-corrected chi connectivity index (χ1v) is 25.8. The lowest BCUT2D eigenvalue weighted by Gasteiger charge is -2.32. The van der Waals surface area contributed by atoms with Crippen molar-refractivity contribution in [1.29, 1.82) is 0 Å². The molecule has 5 heterocycles. The van der Waals surface area contributed by atoms with Crippen LogP contribution in [-0.2, 0) is 34.6 Å². The first-order chi connectivity index (χ1) is 32.9. The number of rotatable bonds is 10. The van der Waals surface area contributed by atoms with E-state index >= 15 is 4.79 Å². The molecular formula is C53H48N6O8Si. The molecule has 68 heavy (non-hydrogen) atoms. The molecule has 0 saturated carbocycles. The number of carbonyl (C=O) groups is 3. The van der Waals surface area contributed by atoms with Crippen molar-refractivity contribution < 1.29 is 38.5 Å². The smallest absolute Gasteiger partial charge is 0.266 e. The largest absolute Gasteiger partial charge is 0.454 e. The Hall–Kier alpha value is -7.43. The highest BCUT2D eigenvalue weighted by Crippen LogP contribution is 2.61. The molecule has 11 rings (SSSR count). The van der Waals surface area contributed by atoms with Gasteiger partial charge in [-0.1, -0.05) is 72.8 Å². The van der Waals surface area contributed by atoms with Gasteiger partial charge in [0, 0.05) is 54.2 Å². The van der Waals surface area contributed by atoms with Crippen molar-refractivity contribution in [1.82, 2.24) is 15.0 Å². The Balaban J connectivity index is 1.02. The number of aryl methyl sites for hydroxylation is 1. The van der Waals surface area contributed by atoms with Crippen molar-refractivity contribution in [2.24, 2.45) is 5.92 Å². The van der Waals surface area contributed by atoms with Gasteiger partial charge in [-0.3, -0.25) is 28.9 Å². The van der Waals surface area contributed by atoms with Crippen LogP contribution in [0.3, 0.4) is 0 Å². The Morgan fingerprint density at radius 1 is 0.691 bits per heavy atom. The van der Waals surface area contributed by atoms with E-state index in [1.54, 1.807) is 55.9 Å². The van der Waals surface area contributed by atoms with Crippen molar-refractivity contribution in [3.63, 3.8) is 0 Å². The van der Waals surface area contributed by atoms with Crippen molar-refractivity contribution in [3.05, 3.63) is 174 Å². The second-order valence-electron chi connectivity index (χ2n) is 18.3. The molecule has 0 aliphatic carbocycles. The lowest BCUT2D eigenvalue weighted by atomic mass is 9.82. The molecule has 342 valence electrons. The average Bonchev–Trinajstić information content (AvgIpc) is 3.92. The highest BCUT2D eigenvalue weighted by Gasteiger charge is 2.66. The van der Waals surface area contributed by atoms with Gasteiger partial charge in [-0.2, -0.15) is 0 Å². The van der Waals surface area contributed by atoms with Crippen molar-refractivity contribution in [2.75, 3.05) is 21.3 Å². The summed E-state index contributed by atoms with van der Waals surface area (Å²) in [6, 6.07) is 42.2. The number of aliphatic hydroxyl groups excluding tert-OH is 1. The summed E-state index contributed by atoms with van der Waals surface area (Å²) in [6.07, 6.45) is 2.02. The molecule has 0 bridgehead atoms. The Bertz CT molecular complexity index is 3150. The SMILES string of the molecule is C[C@H]1[C@H]([Si](C)(C)O)[C@@H](CCn2cc(CCO)nn2)O[C@]12C(=O)N(Cc1cccc(N3C(=O)c4ccccc4Oc4ccccc43)c1)c1ccc(N3C(=O)c4ccccc4Oc4ccccc43)cc12. The third kappa shape index (κ3) is 7.08. The first kappa shape index (κ1) is 43.2.